The van der Waals surface area contributed by atoms with Crippen molar-refractivity contribution >= 4 is 5.71 Å². The van der Waals surface area contributed by atoms with Gasteiger partial charge in [0.05, 0.1) is 5.71 Å². The second-order valence-corrected chi connectivity index (χ2v) is 5.54. The van der Waals surface area contributed by atoms with Crippen molar-refractivity contribution in [1.82, 2.24) is 0 Å². The molecule has 2 aliphatic rings. The molecular weight excluding hydrogens is 212 g/mol. The Morgan fingerprint density at radius 1 is 1.50 bits per heavy atom. The molecular formula is C10H16N2O4. The number of hydrogen-bond acceptors (Lipinski definition) is 5. The molecule has 6 nitrogen and oxygen atoms in total. The van der Waals surface area contributed by atoms with E-state index in [9.17, 15) is 10.1 Å². The molecule has 2 fully saturated rings. The largest absolute Gasteiger partial charge is 0.411 e. The van der Waals surface area contributed by atoms with Gasteiger partial charge in [-0.1, -0.05) is 19.0 Å². The van der Waals surface area contributed by atoms with E-state index < -0.39 is 10.7 Å². The second-order valence-electron chi connectivity index (χ2n) is 5.54. The molecule has 3 atom stereocenters. The van der Waals surface area contributed by atoms with Crippen LogP contribution in [-0.4, -0.2) is 21.6 Å². The van der Waals surface area contributed by atoms with Crippen LogP contribution in [0.1, 0.15) is 33.6 Å². The van der Waals surface area contributed by atoms with Crippen LogP contribution in [0.3, 0.4) is 0 Å². The SMILES string of the molecule is CC1(O[N+](=O)[O-])CC2C(CC1=NO)C2(C)C. The normalized spacial score (nSPS) is 42.6. The summed E-state index contributed by atoms with van der Waals surface area (Å²) in [6.45, 7) is 5.89. The van der Waals surface area contributed by atoms with Crippen molar-refractivity contribution in [3.8, 4) is 0 Å². The Morgan fingerprint density at radius 3 is 2.62 bits per heavy atom. The number of nitrogens with zero attached hydrogens (tertiary/aromatic N) is 2. The molecule has 1 N–H and O–H groups in total. The Labute approximate surface area is 93.4 Å². The third-order valence-electron chi connectivity index (χ3n) is 4.32. The van der Waals surface area contributed by atoms with Gasteiger partial charge in [0.15, 0.2) is 5.60 Å². The van der Waals surface area contributed by atoms with Gasteiger partial charge in [0.1, 0.15) is 0 Å². The van der Waals surface area contributed by atoms with E-state index in [1.807, 2.05) is 0 Å². The highest BCUT2D eigenvalue weighted by Crippen LogP contribution is 2.66. The van der Waals surface area contributed by atoms with Crippen LogP contribution in [0.15, 0.2) is 5.16 Å². The van der Waals surface area contributed by atoms with Gasteiger partial charge in [-0.2, -0.15) is 0 Å². The quantitative estimate of drug-likeness (QED) is 0.444. The van der Waals surface area contributed by atoms with Crippen molar-refractivity contribution in [3.63, 3.8) is 0 Å². The molecule has 0 aliphatic heterocycles. The zero-order valence-corrected chi connectivity index (χ0v) is 9.64. The van der Waals surface area contributed by atoms with Gasteiger partial charge in [0.25, 0.3) is 5.09 Å². The van der Waals surface area contributed by atoms with Gasteiger partial charge in [-0.3, -0.25) is 0 Å². The van der Waals surface area contributed by atoms with Gasteiger partial charge in [-0.15, -0.1) is 10.1 Å². The van der Waals surface area contributed by atoms with Crippen molar-refractivity contribution in [2.24, 2.45) is 22.4 Å². The van der Waals surface area contributed by atoms with Crippen LogP contribution >= 0.6 is 0 Å². The molecule has 6 heteroatoms. The number of fused-ring (bicyclic) bond motifs is 1. The van der Waals surface area contributed by atoms with E-state index in [0.29, 0.717) is 30.4 Å². The van der Waals surface area contributed by atoms with Crippen LogP contribution < -0.4 is 0 Å². The first-order valence-electron chi connectivity index (χ1n) is 5.36. The lowest BCUT2D eigenvalue weighted by molar-refractivity contribution is -0.775. The maximum absolute atomic E-state index is 10.5. The molecule has 2 saturated carbocycles. The first kappa shape index (κ1) is 11.2. The Hall–Kier alpha value is -1.33. The van der Waals surface area contributed by atoms with Gasteiger partial charge >= 0.3 is 0 Å². The van der Waals surface area contributed by atoms with Crippen LogP contribution in [0, 0.1) is 27.4 Å². The van der Waals surface area contributed by atoms with E-state index in [-0.39, 0.29) is 5.41 Å². The summed E-state index contributed by atoms with van der Waals surface area (Å²) in [5, 5.41) is 21.8. The van der Waals surface area contributed by atoms with Gasteiger partial charge < -0.3 is 10.0 Å². The number of hydrogen-bond donors (Lipinski definition) is 1. The minimum atomic E-state index is -1.06. The fourth-order valence-corrected chi connectivity index (χ4v) is 3.03. The van der Waals surface area contributed by atoms with Crippen LogP contribution in [0.25, 0.3) is 0 Å². The summed E-state index contributed by atoms with van der Waals surface area (Å²) < 4.78 is 0. The van der Waals surface area contributed by atoms with Gasteiger partial charge in [-0.25, -0.2) is 0 Å². The van der Waals surface area contributed by atoms with Gasteiger partial charge in [0, 0.05) is 0 Å². The summed E-state index contributed by atoms with van der Waals surface area (Å²) in [5.41, 5.74) is -0.503. The average Bonchev–Trinajstić information content (AvgIpc) is 2.64. The topological polar surface area (TPSA) is 85.0 Å². The molecule has 0 radical (unpaired) electrons. The summed E-state index contributed by atoms with van der Waals surface area (Å²) in [6.07, 6.45) is 1.13. The highest BCUT2D eigenvalue weighted by Gasteiger charge is 2.64. The Kier molecular flexibility index (Phi) is 2.15. The first-order valence-corrected chi connectivity index (χ1v) is 5.36. The van der Waals surface area contributed by atoms with E-state index in [0.717, 1.165) is 0 Å². The summed E-state index contributed by atoms with van der Waals surface area (Å²) in [4.78, 5) is 15.2. The predicted octanol–water partition coefficient (Wildman–Crippen LogP) is 1.85. The Bertz CT molecular complexity index is 366. The van der Waals surface area contributed by atoms with Crippen molar-refractivity contribution in [1.29, 1.82) is 0 Å². The van der Waals surface area contributed by atoms with Crippen LogP contribution in [0.5, 0.6) is 0 Å². The lowest BCUT2D eigenvalue weighted by Crippen LogP contribution is -2.43. The Morgan fingerprint density at radius 2 is 2.12 bits per heavy atom. The fraction of sp³-hybridized carbons (Fsp3) is 0.900. The minimum Gasteiger partial charge on any atom is -0.411 e. The third-order valence-corrected chi connectivity index (χ3v) is 4.32. The summed E-state index contributed by atoms with van der Waals surface area (Å²) >= 11 is 0. The molecule has 2 aliphatic carbocycles. The fourth-order valence-electron chi connectivity index (χ4n) is 3.03. The zero-order chi connectivity index (χ0) is 12.1. The monoisotopic (exact) mass is 228 g/mol. The van der Waals surface area contributed by atoms with Crippen molar-refractivity contribution in [2.75, 3.05) is 0 Å². The van der Waals surface area contributed by atoms with Crippen molar-refractivity contribution in [3.05, 3.63) is 10.1 Å². The van der Waals surface area contributed by atoms with Crippen molar-refractivity contribution in [2.45, 2.75) is 39.2 Å². The first-order chi connectivity index (χ1) is 7.31. The molecule has 0 saturated heterocycles. The summed E-state index contributed by atoms with van der Waals surface area (Å²) in [5.74, 6) is 0.879. The maximum Gasteiger partial charge on any atom is 0.295 e. The van der Waals surface area contributed by atoms with E-state index in [1.165, 1.54) is 0 Å². The standard InChI is InChI=1S/C10H16N2O4/c1-9(2)6-4-8(11-13)10(3,5-7(6)9)16-12(14)15/h6-7,13H,4-5H2,1-3H3. The molecule has 90 valence electrons. The molecule has 2 rings (SSSR count). The summed E-state index contributed by atoms with van der Waals surface area (Å²) in [7, 11) is 0. The minimum absolute atomic E-state index is 0.174. The van der Waals surface area contributed by atoms with Gasteiger partial charge in [0.2, 0.25) is 0 Å². The molecule has 0 spiro atoms. The molecule has 0 aromatic rings. The van der Waals surface area contributed by atoms with E-state index in [2.05, 4.69) is 19.0 Å². The lowest BCUT2D eigenvalue weighted by atomic mass is 9.84. The van der Waals surface area contributed by atoms with E-state index in [1.54, 1.807) is 6.92 Å². The van der Waals surface area contributed by atoms with E-state index >= 15 is 0 Å². The van der Waals surface area contributed by atoms with Crippen LogP contribution in [0.4, 0.5) is 0 Å². The smallest absolute Gasteiger partial charge is 0.295 e. The number of oxime groups is 1. The summed E-state index contributed by atoms with van der Waals surface area (Å²) in [6, 6.07) is 0. The van der Waals surface area contributed by atoms with Crippen LogP contribution in [-0.2, 0) is 4.84 Å². The molecule has 0 amide bonds. The number of rotatable bonds is 2. The lowest BCUT2D eigenvalue weighted by Gasteiger charge is -2.31. The molecule has 0 bridgehead atoms. The Balaban J connectivity index is 2.22. The molecule has 0 aromatic carbocycles. The average molecular weight is 228 g/mol. The van der Waals surface area contributed by atoms with E-state index in [4.69, 9.17) is 10.0 Å². The van der Waals surface area contributed by atoms with Crippen LogP contribution in [0.2, 0.25) is 0 Å². The third kappa shape index (κ3) is 1.44. The molecule has 0 heterocycles. The highest BCUT2D eigenvalue weighted by molar-refractivity contribution is 5.93. The zero-order valence-electron chi connectivity index (χ0n) is 9.64. The second kappa shape index (κ2) is 3.09. The predicted molar refractivity (Wildman–Crippen MR) is 55.7 cm³/mol. The molecule has 0 aromatic heterocycles. The van der Waals surface area contributed by atoms with Crippen molar-refractivity contribution < 1.29 is 15.1 Å². The molecule has 3 unspecified atom stereocenters. The molecule has 16 heavy (non-hydrogen) atoms. The highest BCUT2D eigenvalue weighted by atomic mass is 17.0. The maximum atomic E-state index is 10.5. The van der Waals surface area contributed by atoms with Gasteiger partial charge in [-0.05, 0) is 37.0 Å².